The van der Waals surface area contributed by atoms with Crippen LogP contribution in [-0.2, 0) is 12.2 Å². The van der Waals surface area contributed by atoms with Crippen LogP contribution >= 0.6 is 11.6 Å². The van der Waals surface area contributed by atoms with Crippen molar-refractivity contribution in [2.24, 2.45) is 0 Å². The second-order valence-corrected chi connectivity index (χ2v) is 8.73. The molecule has 0 atom stereocenters. The minimum absolute atomic E-state index is 0.0539. The van der Waals surface area contributed by atoms with Gasteiger partial charge in [0, 0.05) is 24.2 Å². The Hall–Kier alpha value is -3.55. The molecule has 8 heteroatoms. The number of aromatic nitrogens is 4. The molecule has 1 aromatic carbocycles. The van der Waals surface area contributed by atoms with Crippen LogP contribution in [0.3, 0.4) is 0 Å². The molecular formula is C26H25ClN4O3. The molecular weight excluding hydrogens is 452 g/mol. The van der Waals surface area contributed by atoms with Crippen molar-refractivity contribution in [3.05, 3.63) is 98.9 Å². The Labute approximate surface area is 205 Å². The van der Waals surface area contributed by atoms with Gasteiger partial charge in [0.1, 0.15) is 22.9 Å². The average molecular weight is 479 g/mol. The first kappa shape index (κ1) is 21.0. The molecule has 0 bridgehead atoms. The van der Waals surface area contributed by atoms with Crippen LogP contribution in [0.2, 0.25) is 5.02 Å². The molecule has 0 aliphatic rings. The normalized spacial score (nSPS) is 12.8. The van der Waals surface area contributed by atoms with Gasteiger partial charge in [-0.25, -0.2) is 9.97 Å². The van der Waals surface area contributed by atoms with Crippen LogP contribution in [0.4, 0.5) is 0 Å². The lowest BCUT2D eigenvalue weighted by Crippen LogP contribution is -2.23. The zero-order valence-corrected chi connectivity index (χ0v) is 20.0. The Bertz CT molecular complexity index is 1490. The Kier molecular flexibility index (Phi) is 5.79. The number of hydrogen-bond donors (Lipinski definition) is 1. The third kappa shape index (κ3) is 4.85. The van der Waals surface area contributed by atoms with Crippen molar-refractivity contribution < 1.29 is 12.6 Å². The van der Waals surface area contributed by atoms with Crippen LogP contribution in [0.15, 0.2) is 65.7 Å². The quantitative estimate of drug-likeness (QED) is 0.429. The summed E-state index contributed by atoms with van der Waals surface area (Å²) in [6.07, 6.45) is 3.16. The van der Waals surface area contributed by atoms with E-state index in [9.17, 15) is 9.90 Å². The fraction of sp³-hybridized carbons (Fsp3) is 0.231. The summed E-state index contributed by atoms with van der Waals surface area (Å²) in [6, 6.07) is 13.3. The monoisotopic (exact) mass is 478 g/mol. The molecule has 3 aromatic heterocycles. The van der Waals surface area contributed by atoms with Gasteiger partial charge in [0.25, 0.3) is 5.56 Å². The number of halogens is 1. The van der Waals surface area contributed by atoms with Gasteiger partial charge in [-0.2, -0.15) is 0 Å². The van der Waals surface area contributed by atoms with E-state index in [1.165, 1.54) is 16.8 Å². The molecule has 0 amide bonds. The molecule has 1 N–H and O–H groups in total. The van der Waals surface area contributed by atoms with Crippen LogP contribution in [0.25, 0.3) is 17.1 Å². The van der Waals surface area contributed by atoms with Gasteiger partial charge in [-0.1, -0.05) is 41.9 Å². The third-order valence-electron chi connectivity index (χ3n) is 5.13. The topological polar surface area (TPSA) is 90.1 Å². The summed E-state index contributed by atoms with van der Waals surface area (Å²) in [6.45, 7) is 4.51. The molecule has 0 spiro atoms. The lowest BCUT2D eigenvalue weighted by atomic mass is 10.1. The summed E-state index contributed by atoms with van der Waals surface area (Å²) in [4.78, 5) is 26.4. The van der Waals surface area contributed by atoms with Gasteiger partial charge in [-0.15, -0.1) is 0 Å². The molecule has 0 saturated carbocycles. The van der Waals surface area contributed by atoms with Crippen LogP contribution in [0, 0.1) is 13.8 Å². The predicted octanol–water partition coefficient (Wildman–Crippen LogP) is 4.77. The second kappa shape index (κ2) is 9.37. The van der Waals surface area contributed by atoms with Gasteiger partial charge >= 0.3 is 0 Å². The molecule has 4 aromatic rings. The summed E-state index contributed by atoms with van der Waals surface area (Å²) < 4.78 is 23.6. The first-order valence-electron chi connectivity index (χ1n) is 11.6. The maximum absolute atomic E-state index is 13.4. The van der Waals surface area contributed by atoms with E-state index in [1.807, 2.05) is 6.92 Å². The van der Waals surface area contributed by atoms with E-state index in [1.54, 1.807) is 69.4 Å². The molecule has 3 heterocycles. The van der Waals surface area contributed by atoms with E-state index in [0.29, 0.717) is 33.9 Å². The van der Waals surface area contributed by atoms with Crippen LogP contribution in [-0.4, -0.2) is 24.6 Å². The minimum atomic E-state index is -2.19. The highest BCUT2D eigenvalue weighted by Crippen LogP contribution is 2.27. The van der Waals surface area contributed by atoms with Crippen LogP contribution < -0.4 is 10.3 Å². The highest BCUT2D eigenvalue weighted by Gasteiger charge is 2.21. The van der Waals surface area contributed by atoms with E-state index < -0.39 is 17.7 Å². The van der Waals surface area contributed by atoms with Gasteiger partial charge in [-0.3, -0.25) is 14.3 Å². The Morgan fingerprint density at radius 2 is 1.85 bits per heavy atom. The number of pyridine rings is 2. The molecule has 0 unspecified atom stereocenters. The van der Waals surface area contributed by atoms with Gasteiger partial charge in [0.05, 0.1) is 19.8 Å². The molecule has 0 aliphatic heterocycles. The van der Waals surface area contributed by atoms with E-state index in [2.05, 4.69) is 15.0 Å². The number of rotatable bonds is 6. The minimum Gasteiger partial charge on any atom is -0.487 e. The second-order valence-electron chi connectivity index (χ2n) is 8.36. The van der Waals surface area contributed by atoms with E-state index in [4.69, 9.17) is 19.1 Å². The Morgan fingerprint density at radius 1 is 1.12 bits per heavy atom. The zero-order chi connectivity index (χ0) is 26.3. The highest BCUT2D eigenvalue weighted by molar-refractivity contribution is 6.31. The van der Waals surface area contributed by atoms with Crippen molar-refractivity contribution in [3.63, 3.8) is 0 Å². The number of hydrogen-bond acceptors (Lipinski definition) is 6. The summed E-state index contributed by atoms with van der Waals surface area (Å²) >= 11 is 6.40. The van der Waals surface area contributed by atoms with Crippen LogP contribution in [0.1, 0.15) is 39.2 Å². The molecule has 0 saturated heterocycles. The van der Waals surface area contributed by atoms with E-state index in [-0.39, 0.29) is 16.6 Å². The molecule has 0 aliphatic carbocycles. The van der Waals surface area contributed by atoms with Crippen molar-refractivity contribution in [1.82, 2.24) is 19.5 Å². The van der Waals surface area contributed by atoms with E-state index >= 15 is 0 Å². The maximum atomic E-state index is 13.4. The zero-order valence-electron chi connectivity index (χ0n) is 21.2. The largest absolute Gasteiger partial charge is 0.487 e. The van der Waals surface area contributed by atoms with Crippen molar-refractivity contribution in [2.75, 3.05) is 0 Å². The van der Waals surface area contributed by atoms with Crippen molar-refractivity contribution in [2.45, 2.75) is 39.9 Å². The average Bonchev–Trinajstić information content (AvgIpc) is 2.83. The highest BCUT2D eigenvalue weighted by atomic mass is 35.5. The first-order valence-corrected chi connectivity index (χ1v) is 11.0. The summed E-state index contributed by atoms with van der Waals surface area (Å²) in [7, 11) is 0. The SMILES string of the molecule is [2H]C([2H])(Oc1cc(C)n(-c2cc(-c3ccnc(C(C)(C)O)n3)ncc2C)c(=O)c1Cl)c1ccccc1. The summed E-state index contributed by atoms with van der Waals surface area (Å²) in [5, 5.41) is 10.0. The van der Waals surface area contributed by atoms with Crippen molar-refractivity contribution >= 4 is 11.6 Å². The molecule has 0 radical (unpaired) electrons. The number of benzene rings is 1. The molecule has 7 nitrogen and oxygen atoms in total. The number of aliphatic hydroxyl groups is 1. The van der Waals surface area contributed by atoms with Gasteiger partial charge in [0.15, 0.2) is 5.82 Å². The smallest absolute Gasteiger partial charge is 0.277 e. The Balaban J connectivity index is 1.78. The van der Waals surface area contributed by atoms with Crippen molar-refractivity contribution in [1.29, 1.82) is 0 Å². The molecule has 174 valence electrons. The fourth-order valence-electron chi connectivity index (χ4n) is 3.37. The van der Waals surface area contributed by atoms with Crippen molar-refractivity contribution in [3.8, 4) is 22.8 Å². The molecule has 34 heavy (non-hydrogen) atoms. The third-order valence-corrected chi connectivity index (χ3v) is 5.48. The molecule has 4 rings (SSSR count). The van der Waals surface area contributed by atoms with Gasteiger partial charge in [0.2, 0.25) is 0 Å². The number of ether oxygens (including phenoxy) is 1. The molecule has 0 fully saturated rings. The summed E-state index contributed by atoms with van der Waals surface area (Å²) in [5.41, 5.74) is 1.20. The fourth-order valence-corrected chi connectivity index (χ4v) is 3.54. The van der Waals surface area contributed by atoms with Gasteiger partial charge < -0.3 is 9.84 Å². The van der Waals surface area contributed by atoms with Crippen LogP contribution in [0.5, 0.6) is 5.75 Å². The lowest BCUT2D eigenvalue weighted by molar-refractivity contribution is 0.0688. The number of aryl methyl sites for hydroxylation is 2. The predicted molar refractivity (Wildman–Crippen MR) is 131 cm³/mol. The Morgan fingerprint density at radius 3 is 2.56 bits per heavy atom. The summed E-state index contributed by atoms with van der Waals surface area (Å²) in [5.74, 6) is 0.191. The maximum Gasteiger partial charge on any atom is 0.277 e. The number of nitrogens with zero attached hydrogens (tertiary/aromatic N) is 4. The first-order chi connectivity index (χ1) is 16.9. The lowest BCUT2D eigenvalue weighted by Gasteiger charge is -2.17. The standard InChI is InChI=1S/C26H25ClN4O3/c1-16-14-29-20(19-10-11-28-25(30-19)26(3,4)33)13-21(16)31-17(2)12-22(23(27)24(31)32)34-15-18-8-6-5-7-9-18/h5-14,33H,15H2,1-4H3/i15D2. The van der Waals surface area contributed by atoms with E-state index in [0.717, 1.165) is 0 Å². The van der Waals surface area contributed by atoms with Gasteiger partial charge in [-0.05, 0) is 51.0 Å².